The van der Waals surface area contributed by atoms with Gasteiger partial charge in [-0.25, -0.2) is 4.68 Å². The largest absolute Gasteiger partial charge is 0.390 e. The molecule has 0 atom stereocenters. The van der Waals surface area contributed by atoms with Gasteiger partial charge in [-0.15, -0.1) is 5.10 Å². The molecule has 0 saturated carbocycles. The number of aliphatic hydroxyl groups excluding tert-OH is 1. The van der Waals surface area contributed by atoms with Crippen molar-refractivity contribution < 1.29 is 5.11 Å². The average Bonchev–Trinajstić information content (AvgIpc) is 2.80. The van der Waals surface area contributed by atoms with Crippen LogP contribution in [0.4, 0.5) is 0 Å². The van der Waals surface area contributed by atoms with Gasteiger partial charge in [-0.05, 0) is 22.9 Å². The van der Waals surface area contributed by atoms with Gasteiger partial charge in [0.15, 0.2) is 0 Å². The first-order valence-electron chi connectivity index (χ1n) is 4.79. The van der Waals surface area contributed by atoms with E-state index in [1.807, 2.05) is 14.0 Å². The van der Waals surface area contributed by atoms with Gasteiger partial charge < -0.3 is 5.11 Å². The number of aromatic nitrogens is 5. The molecule has 0 saturated heterocycles. The summed E-state index contributed by atoms with van der Waals surface area (Å²) in [5.41, 5.74) is 2.53. The van der Waals surface area contributed by atoms with Crippen LogP contribution in [0.1, 0.15) is 17.1 Å². The molecule has 1 N–H and O–H groups in total. The van der Waals surface area contributed by atoms with Gasteiger partial charge in [0.2, 0.25) is 0 Å². The number of aliphatic hydroxyl groups is 1. The van der Waals surface area contributed by atoms with E-state index >= 15 is 0 Å². The maximum Gasteiger partial charge on any atom is 0.108 e. The lowest BCUT2D eigenvalue weighted by Crippen LogP contribution is -2.06. The van der Waals surface area contributed by atoms with Crippen LogP contribution in [0.15, 0.2) is 10.7 Å². The molecule has 0 aliphatic rings. The van der Waals surface area contributed by atoms with Gasteiger partial charge in [-0.3, -0.25) is 4.68 Å². The highest BCUT2D eigenvalue weighted by Gasteiger charge is 2.11. The van der Waals surface area contributed by atoms with Crippen LogP contribution < -0.4 is 0 Å². The lowest BCUT2D eigenvalue weighted by Gasteiger charge is -2.01. The first kappa shape index (κ1) is 11.3. The third-order valence-electron chi connectivity index (χ3n) is 2.32. The molecule has 2 aromatic rings. The molecular weight excluding hydrogens is 274 g/mol. The summed E-state index contributed by atoms with van der Waals surface area (Å²) in [5.74, 6) is 0. The number of aryl methyl sites for hydroxylation is 2. The van der Waals surface area contributed by atoms with Gasteiger partial charge >= 0.3 is 0 Å². The lowest BCUT2D eigenvalue weighted by molar-refractivity contribution is 0.276. The van der Waals surface area contributed by atoms with E-state index in [1.54, 1.807) is 15.6 Å². The molecule has 16 heavy (non-hydrogen) atoms. The van der Waals surface area contributed by atoms with E-state index in [2.05, 4.69) is 31.3 Å². The van der Waals surface area contributed by atoms with Crippen LogP contribution in [0, 0.1) is 6.92 Å². The predicted octanol–water partition coefficient (Wildman–Crippen LogP) is 0.623. The summed E-state index contributed by atoms with van der Waals surface area (Å²) in [5, 5.41) is 20.9. The smallest absolute Gasteiger partial charge is 0.108 e. The van der Waals surface area contributed by atoms with E-state index in [0.717, 1.165) is 15.9 Å². The monoisotopic (exact) mass is 285 g/mol. The Bertz CT molecular complexity index is 504. The van der Waals surface area contributed by atoms with Crippen molar-refractivity contribution in [2.75, 3.05) is 0 Å². The molecule has 0 aliphatic carbocycles. The zero-order valence-corrected chi connectivity index (χ0v) is 10.6. The highest BCUT2D eigenvalue weighted by atomic mass is 79.9. The Kier molecular flexibility index (Phi) is 3.06. The summed E-state index contributed by atoms with van der Waals surface area (Å²) < 4.78 is 4.46. The summed E-state index contributed by atoms with van der Waals surface area (Å²) in [7, 11) is 1.89. The molecule has 2 aromatic heterocycles. The topological polar surface area (TPSA) is 68.8 Å². The zero-order chi connectivity index (χ0) is 11.7. The molecular formula is C9H12BrN5O. The van der Waals surface area contributed by atoms with Crippen molar-refractivity contribution >= 4 is 15.9 Å². The summed E-state index contributed by atoms with van der Waals surface area (Å²) in [4.78, 5) is 0. The van der Waals surface area contributed by atoms with Gasteiger partial charge in [0.05, 0.1) is 35.2 Å². The number of halogens is 1. The van der Waals surface area contributed by atoms with Crippen LogP contribution in [-0.4, -0.2) is 29.9 Å². The quantitative estimate of drug-likeness (QED) is 0.898. The Hall–Kier alpha value is -1.21. The van der Waals surface area contributed by atoms with Gasteiger partial charge in [0, 0.05) is 7.05 Å². The summed E-state index contributed by atoms with van der Waals surface area (Å²) >= 11 is 3.49. The molecule has 0 amide bonds. The van der Waals surface area contributed by atoms with E-state index in [9.17, 15) is 0 Å². The Morgan fingerprint density at radius 2 is 2.25 bits per heavy atom. The van der Waals surface area contributed by atoms with Crippen molar-refractivity contribution in [3.05, 3.63) is 27.8 Å². The summed E-state index contributed by atoms with van der Waals surface area (Å²) in [6.45, 7) is 2.42. The van der Waals surface area contributed by atoms with Gasteiger partial charge in [-0.2, -0.15) is 5.10 Å². The average molecular weight is 286 g/mol. The first-order chi connectivity index (χ1) is 7.61. The van der Waals surface area contributed by atoms with Crippen LogP contribution >= 0.6 is 15.9 Å². The van der Waals surface area contributed by atoms with E-state index in [1.165, 1.54) is 0 Å². The highest BCUT2D eigenvalue weighted by Crippen LogP contribution is 2.20. The maximum atomic E-state index is 8.89. The SMILES string of the molecule is Cc1nn(C)c(Cn2cc(CO)nn2)c1Br. The molecule has 7 heteroatoms. The standard InChI is InChI=1S/C9H12BrN5O/c1-6-9(10)8(14(2)12-6)4-15-3-7(5-16)11-13-15/h3,16H,4-5H2,1-2H3. The van der Waals surface area contributed by atoms with Crippen molar-refractivity contribution in [1.29, 1.82) is 0 Å². The summed E-state index contributed by atoms with van der Waals surface area (Å²) in [6.07, 6.45) is 1.72. The second-order valence-electron chi connectivity index (χ2n) is 3.54. The minimum Gasteiger partial charge on any atom is -0.390 e. The van der Waals surface area contributed by atoms with Crippen molar-refractivity contribution in [3.8, 4) is 0 Å². The van der Waals surface area contributed by atoms with Crippen molar-refractivity contribution in [3.63, 3.8) is 0 Å². The van der Waals surface area contributed by atoms with Gasteiger partial charge in [0.1, 0.15) is 5.69 Å². The highest BCUT2D eigenvalue weighted by molar-refractivity contribution is 9.10. The molecule has 0 spiro atoms. The predicted molar refractivity (Wildman–Crippen MR) is 60.7 cm³/mol. The Labute approximate surface area is 101 Å². The lowest BCUT2D eigenvalue weighted by atomic mass is 10.3. The fourth-order valence-electron chi connectivity index (χ4n) is 1.49. The van der Waals surface area contributed by atoms with Gasteiger partial charge in [-0.1, -0.05) is 5.21 Å². The van der Waals surface area contributed by atoms with E-state index in [0.29, 0.717) is 12.2 Å². The van der Waals surface area contributed by atoms with E-state index < -0.39 is 0 Å². The molecule has 0 aromatic carbocycles. The third kappa shape index (κ3) is 2.00. The van der Waals surface area contributed by atoms with E-state index in [-0.39, 0.29) is 6.61 Å². The van der Waals surface area contributed by atoms with E-state index in [4.69, 9.17) is 5.11 Å². The normalized spacial score (nSPS) is 11.0. The van der Waals surface area contributed by atoms with Crippen LogP contribution in [0.25, 0.3) is 0 Å². The molecule has 0 bridgehead atoms. The van der Waals surface area contributed by atoms with Gasteiger partial charge in [0.25, 0.3) is 0 Å². The Balaban J connectivity index is 2.26. The third-order valence-corrected chi connectivity index (χ3v) is 3.35. The zero-order valence-electron chi connectivity index (χ0n) is 9.05. The molecule has 0 radical (unpaired) electrons. The minimum atomic E-state index is -0.0917. The second kappa shape index (κ2) is 4.34. The second-order valence-corrected chi connectivity index (χ2v) is 4.33. The Morgan fingerprint density at radius 1 is 1.50 bits per heavy atom. The number of nitrogens with zero attached hydrogens (tertiary/aromatic N) is 5. The van der Waals surface area contributed by atoms with Crippen LogP contribution in [0.3, 0.4) is 0 Å². The van der Waals surface area contributed by atoms with Crippen molar-refractivity contribution in [2.45, 2.75) is 20.1 Å². The van der Waals surface area contributed by atoms with Crippen LogP contribution in [0.2, 0.25) is 0 Å². The van der Waals surface area contributed by atoms with Crippen LogP contribution in [0.5, 0.6) is 0 Å². The Morgan fingerprint density at radius 3 is 2.75 bits per heavy atom. The molecule has 2 heterocycles. The molecule has 2 rings (SSSR count). The maximum absolute atomic E-state index is 8.89. The molecule has 0 fully saturated rings. The van der Waals surface area contributed by atoms with Crippen molar-refractivity contribution in [1.82, 2.24) is 24.8 Å². The molecule has 86 valence electrons. The molecule has 0 unspecified atom stereocenters. The van der Waals surface area contributed by atoms with Crippen LogP contribution in [-0.2, 0) is 20.2 Å². The van der Waals surface area contributed by atoms with Crippen molar-refractivity contribution in [2.24, 2.45) is 7.05 Å². The number of hydrogen-bond donors (Lipinski definition) is 1. The summed E-state index contributed by atoms with van der Waals surface area (Å²) in [6, 6.07) is 0. The number of hydrogen-bond acceptors (Lipinski definition) is 4. The molecule has 0 aliphatic heterocycles. The first-order valence-corrected chi connectivity index (χ1v) is 5.59. The number of rotatable bonds is 3. The minimum absolute atomic E-state index is 0.0917. The molecule has 6 nitrogen and oxygen atoms in total. The fraction of sp³-hybridized carbons (Fsp3) is 0.444. The fourth-order valence-corrected chi connectivity index (χ4v) is 1.95.